The van der Waals surface area contributed by atoms with Gasteiger partial charge in [-0.3, -0.25) is 4.79 Å². The van der Waals surface area contributed by atoms with Crippen LogP contribution in [0.1, 0.15) is 22.8 Å². The number of carbonyl (C=O) groups excluding carboxylic acids is 2. The molecule has 0 bridgehead atoms. The van der Waals surface area contributed by atoms with E-state index in [0.29, 0.717) is 12.0 Å². The lowest BCUT2D eigenvalue weighted by Crippen LogP contribution is -2.19. The molecule has 12 heteroatoms. The van der Waals surface area contributed by atoms with Gasteiger partial charge in [0.05, 0.1) is 17.3 Å². The fourth-order valence-electron chi connectivity index (χ4n) is 3.06. The summed E-state index contributed by atoms with van der Waals surface area (Å²) in [7, 11) is 4.31. The molecule has 0 spiro atoms. The lowest BCUT2D eigenvalue weighted by molar-refractivity contribution is -0.105. The summed E-state index contributed by atoms with van der Waals surface area (Å²) < 4.78 is 32.5. The van der Waals surface area contributed by atoms with Gasteiger partial charge in [-0.25, -0.2) is 4.79 Å². The Kier molecular flexibility index (Phi) is 10.2. The van der Waals surface area contributed by atoms with E-state index < -0.39 is 17.8 Å². The molecule has 2 rings (SSSR count). The zero-order valence-electron chi connectivity index (χ0n) is 19.0. The number of hydrogen-bond donors (Lipinski definition) is 3. The van der Waals surface area contributed by atoms with E-state index in [1.54, 1.807) is 6.92 Å². The second kappa shape index (κ2) is 12.9. The molecule has 0 radical (unpaired) electrons. The van der Waals surface area contributed by atoms with Gasteiger partial charge in [-0.2, -0.15) is 0 Å². The Bertz CT molecular complexity index is 1010. The number of halogens is 1. The first kappa shape index (κ1) is 27.0. The van der Waals surface area contributed by atoms with Crippen LogP contribution in [0.25, 0.3) is 0 Å². The van der Waals surface area contributed by atoms with Crippen LogP contribution in [0.5, 0.6) is 28.7 Å². The number of amides is 1. The maximum absolute atomic E-state index is 12.7. The van der Waals surface area contributed by atoms with E-state index in [0.717, 1.165) is 6.07 Å². The standard InChI is InChI=1S/C22H26BrNO10/c1-12(34-22(28)13-6-15(23)18(27)8-17(13)26)5-14-20(33-11-30-3)16(24-9-25)7-19(21(14)31-4)32-10-29-2/h6-9,12,26-27H,5,10-11H2,1-4H3,(H,24,25). The summed E-state index contributed by atoms with van der Waals surface area (Å²) in [6.45, 7) is 1.40. The summed E-state index contributed by atoms with van der Waals surface area (Å²) in [5.74, 6) is -0.720. The molecule has 186 valence electrons. The predicted octanol–water partition coefficient (Wildman–Crippen LogP) is 3.19. The van der Waals surface area contributed by atoms with Gasteiger partial charge in [0.2, 0.25) is 6.41 Å². The van der Waals surface area contributed by atoms with E-state index in [1.165, 1.54) is 33.5 Å². The zero-order chi connectivity index (χ0) is 25.3. The van der Waals surface area contributed by atoms with Crippen molar-refractivity contribution in [3.05, 3.63) is 33.8 Å². The minimum absolute atomic E-state index is 0.0751. The minimum Gasteiger partial charge on any atom is -0.507 e. The normalized spacial score (nSPS) is 11.4. The second-order valence-electron chi connectivity index (χ2n) is 6.87. The summed E-state index contributed by atoms with van der Waals surface area (Å²) in [5, 5.41) is 22.2. The smallest absolute Gasteiger partial charge is 0.342 e. The number of benzene rings is 2. The fourth-order valence-corrected chi connectivity index (χ4v) is 3.40. The molecular formula is C22H26BrNO10. The summed E-state index contributed by atoms with van der Waals surface area (Å²) >= 11 is 3.10. The summed E-state index contributed by atoms with van der Waals surface area (Å²) in [4.78, 5) is 23.8. The first-order chi connectivity index (χ1) is 16.3. The van der Waals surface area contributed by atoms with Crippen molar-refractivity contribution in [2.24, 2.45) is 0 Å². The largest absolute Gasteiger partial charge is 0.507 e. The third kappa shape index (κ3) is 6.65. The third-order valence-electron chi connectivity index (χ3n) is 4.45. The molecule has 0 saturated carbocycles. The number of methoxy groups -OCH3 is 3. The number of aromatic hydroxyl groups is 2. The van der Waals surface area contributed by atoms with Crippen LogP contribution in [0.3, 0.4) is 0 Å². The van der Waals surface area contributed by atoms with Gasteiger partial charge < -0.3 is 44.0 Å². The number of phenols is 2. The maximum Gasteiger partial charge on any atom is 0.342 e. The highest BCUT2D eigenvalue weighted by Gasteiger charge is 2.26. The van der Waals surface area contributed by atoms with Crippen molar-refractivity contribution in [1.82, 2.24) is 0 Å². The molecule has 0 aliphatic heterocycles. The van der Waals surface area contributed by atoms with Crippen LogP contribution in [-0.2, 0) is 25.4 Å². The quantitative estimate of drug-likeness (QED) is 0.196. The number of esters is 1. The van der Waals surface area contributed by atoms with Gasteiger partial charge in [0.25, 0.3) is 0 Å². The average molecular weight is 544 g/mol. The first-order valence-electron chi connectivity index (χ1n) is 9.87. The molecule has 0 fully saturated rings. The Morgan fingerprint density at radius 1 is 1.06 bits per heavy atom. The van der Waals surface area contributed by atoms with Gasteiger partial charge in [-0.15, -0.1) is 0 Å². The van der Waals surface area contributed by atoms with Crippen LogP contribution >= 0.6 is 15.9 Å². The first-order valence-corrected chi connectivity index (χ1v) is 10.7. The van der Waals surface area contributed by atoms with Gasteiger partial charge in [0, 0.05) is 38.3 Å². The number of rotatable bonds is 13. The van der Waals surface area contributed by atoms with Gasteiger partial charge in [0.15, 0.2) is 30.8 Å². The highest BCUT2D eigenvalue weighted by Crippen LogP contribution is 2.44. The van der Waals surface area contributed by atoms with Crippen LogP contribution in [0.2, 0.25) is 0 Å². The van der Waals surface area contributed by atoms with Crippen molar-refractivity contribution in [3.63, 3.8) is 0 Å². The molecule has 0 heterocycles. The summed E-state index contributed by atoms with van der Waals surface area (Å²) in [6.07, 6.45) is -0.202. The third-order valence-corrected chi connectivity index (χ3v) is 5.08. The number of phenolic OH excluding ortho intramolecular Hbond substituents is 2. The number of ether oxygens (including phenoxy) is 6. The molecule has 1 unspecified atom stereocenters. The predicted molar refractivity (Wildman–Crippen MR) is 124 cm³/mol. The minimum atomic E-state index is -0.818. The van der Waals surface area contributed by atoms with Crippen LogP contribution < -0.4 is 19.5 Å². The molecule has 1 atom stereocenters. The summed E-state index contributed by atoms with van der Waals surface area (Å²) in [5.41, 5.74) is 0.557. The maximum atomic E-state index is 12.7. The molecule has 0 aromatic heterocycles. The molecule has 0 saturated heterocycles. The Morgan fingerprint density at radius 3 is 2.35 bits per heavy atom. The van der Waals surface area contributed by atoms with E-state index in [1.807, 2.05) is 0 Å². The lowest BCUT2D eigenvalue weighted by atomic mass is 10.0. The average Bonchev–Trinajstić information content (AvgIpc) is 2.79. The highest BCUT2D eigenvalue weighted by molar-refractivity contribution is 9.10. The second-order valence-corrected chi connectivity index (χ2v) is 7.72. The summed E-state index contributed by atoms with van der Waals surface area (Å²) in [6, 6.07) is 3.78. The van der Waals surface area contributed by atoms with E-state index in [-0.39, 0.29) is 58.7 Å². The topological polar surface area (TPSA) is 142 Å². The molecule has 0 aliphatic carbocycles. The molecule has 2 aromatic rings. The number of nitrogens with one attached hydrogen (secondary N) is 1. The Balaban J connectivity index is 2.43. The fraction of sp³-hybridized carbons (Fsp3) is 0.364. The lowest BCUT2D eigenvalue weighted by Gasteiger charge is -2.23. The van der Waals surface area contributed by atoms with Crippen molar-refractivity contribution in [2.45, 2.75) is 19.4 Å². The molecular weight excluding hydrogens is 518 g/mol. The van der Waals surface area contributed by atoms with Crippen molar-refractivity contribution in [1.29, 1.82) is 0 Å². The molecule has 11 nitrogen and oxygen atoms in total. The number of hydrogen-bond acceptors (Lipinski definition) is 10. The van der Waals surface area contributed by atoms with Gasteiger partial charge in [0.1, 0.15) is 23.2 Å². The van der Waals surface area contributed by atoms with Crippen LogP contribution in [0, 0.1) is 0 Å². The van der Waals surface area contributed by atoms with Gasteiger partial charge >= 0.3 is 5.97 Å². The monoisotopic (exact) mass is 543 g/mol. The molecule has 0 aliphatic rings. The van der Waals surface area contributed by atoms with Crippen molar-refractivity contribution in [3.8, 4) is 28.7 Å². The Morgan fingerprint density at radius 2 is 1.74 bits per heavy atom. The molecule has 3 N–H and O–H groups in total. The highest BCUT2D eigenvalue weighted by atomic mass is 79.9. The van der Waals surface area contributed by atoms with E-state index >= 15 is 0 Å². The molecule has 2 aromatic carbocycles. The van der Waals surface area contributed by atoms with E-state index in [9.17, 15) is 19.8 Å². The van der Waals surface area contributed by atoms with Crippen LogP contribution in [0.4, 0.5) is 5.69 Å². The zero-order valence-corrected chi connectivity index (χ0v) is 20.6. The SMILES string of the molecule is COCOc1cc(NC=O)c(OCOC)c(CC(C)OC(=O)c2cc(Br)c(O)cc2O)c1OC. The van der Waals surface area contributed by atoms with Crippen LogP contribution in [-0.4, -0.2) is 63.6 Å². The van der Waals surface area contributed by atoms with E-state index in [2.05, 4.69) is 21.2 Å². The van der Waals surface area contributed by atoms with Crippen molar-refractivity contribution >= 4 is 34.0 Å². The molecule has 34 heavy (non-hydrogen) atoms. The van der Waals surface area contributed by atoms with E-state index in [4.69, 9.17) is 28.4 Å². The Hall–Kier alpha value is -3.22. The van der Waals surface area contributed by atoms with Crippen LogP contribution in [0.15, 0.2) is 22.7 Å². The Labute approximate surface area is 204 Å². The van der Waals surface area contributed by atoms with Gasteiger partial charge in [-0.1, -0.05) is 0 Å². The van der Waals surface area contributed by atoms with Crippen molar-refractivity contribution < 1.29 is 48.2 Å². The van der Waals surface area contributed by atoms with Gasteiger partial charge in [-0.05, 0) is 28.9 Å². The molecule has 1 amide bonds. The number of carbonyl (C=O) groups is 2. The van der Waals surface area contributed by atoms with Crippen molar-refractivity contribution in [2.75, 3.05) is 40.2 Å². The number of anilines is 1.